The lowest BCUT2D eigenvalue weighted by Crippen LogP contribution is -2.24. The molecule has 1 aromatic rings. The highest BCUT2D eigenvalue weighted by atomic mass is 35.5. The van der Waals surface area contributed by atoms with Gasteiger partial charge in [0.1, 0.15) is 5.75 Å². The van der Waals surface area contributed by atoms with Gasteiger partial charge in [-0.05, 0) is 12.1 Å². The summed E-state index contributed by atoms with van der Waals surface area (Å²) in [6, 6.07) is 5.11. The summed E-state index contributed by atoms with van der Waals surface area (Å²) in [6.45, 7) is 0. The highest BCUT2D eigenvalue weighted by molar-refractivity contribution is 6.31. The Morgan fingerprint density at radius 3 is 2.75 bits per heavy atom. The molecule has 1 unspecified atom stereocenters. The maximum Gasteiger partial charge on any atom is 0.335 e. The molecule has 0 fully saturated rings. The van der Waals surface area contributed by atoms with Gasteiger partial charge in [0, 0.05) is 17.0 Å². The average molecular weight is 245 g/mol. The highest BCUT2D eigenvalue weighted by Gasteiger charge is 2.19. The van der Waals surface area contributed by atoms with Crippen molar-refractivity contribution in [3.05, 3.63) is 28.8 Å². The Kier molecular flexibility index (Phi) is 4.58. The first-order valence-electron chi connectivity index (χ1n) is 4.67. The molecule has 4 nitrogen and oxygen atoms in total. The van der Waals surface area contributed by atoms with E-state index in [9.17, 15) is 9.90 Å². The van der Waals surface area contributed by atoms with Gasteiger partial charge < -0.3 is 14.6 Å². The molecule has 0 aromatic heterocycles. The minimum absolute atomic E-state index is 0.0650. The predicted octanol–water partition coefficient (Wildman–Crippen LogP) is 1.42. The van der Waals surface area contributed by atoms with Gasteiger partial charge >= 0.3 is 5.97 Å². The average Bonchev–Trinajstić information content (AvgIpc) is 2.30. The molecule has 0 aliphatic rings. The van der Waals surface area contributed by atoms with Crippen molar-refractivity contribution in [2.24, 2.45) is 0 Å². The Hall–Kier alpha value is -1.26. The summed E-state index contributed by atoms with van der Waals surface area (Å²) in [5.41, 5.74) is 0.588. The number of carbonyl (C=O) groups is 1. The number of hydrogen-bond donors (Lipinski definition) is 1. The number of hydrogen-bond acceptors (Lipinski definition) is 4. The first-order valence-corrected chi connectivity index (χ1v) is 5.05. The predicted molar refractivity (Wildman–Crippen MR) is 59.7 cm³/mol. The maximum atomic E-state index is 11.1. The van der Waals surface area contributed by atoms with Crippen molar-refractivity contribution in [3.63, 3.8) is 0 Å². The highest BCUT2D eigenvalue weighted by Crippen LogP contribution is 2.27. The van der Waals surface area contributed by atoms with Crippen LogP contribution in [0, 0.1) is 0 Å². The first kappa shape index (κ1) is 12.8. The molecule has 1 N–H and O–H groups in total. The van der Waals surface area contributed by atoms with Crippen LogP contribution in [0.1, 0.15) is 5.56 Å². The van der Waals surface area contributed by atoms with E-state index in [1.165, 1.54) is 14.2 Å². The Labute approximate surface area is 98.7 Å². The van der Waals surface area contributed by atoms with Crippen LogP contribution in [0.5, 0.6) is 5.75 Å². The van der Waals surface area contributed by atoms with Crippen molar-refractivity contribution >= 4 is 17.6 Å². The Morgan fingerprint density at radius 1 is 1.50 bits per heavy atom. The van der Waals surface area contributed by atoms with Crippen molar-refractivity contribution in [1.82, 2.24) is 0 Å². The molecular formula is C11H13ClO4. The number of aliphatic hydroxyl groups is 1. The van der Waals surface area contributed by atoms with E-state index in [-0.39, 0.29) is 6.42 Å². The molecule has 88 valence electrons. The van der Waals surface area contributed by atoms with Gasteiger partial charge in [-0.15, -0.1) is 0 Å². The van der Waals surface area contributed by atoms with Gasteiger partial charge in [-0.25, -0.2) is 4.79 Å². The van der Waals surface area contributed by atoms with Crippen LogP contribution in [0.4, 0.5) is 0 Å². The summed E-state index contributed by atoms with van der Waals surface area (Å²) in [5.74, 6) is -0.155. The van der Waals surface area contributed by atoms with E-state index in [1.807, 2.05) is 0 Å². The van der Waals surface area contributed by atoms with E-state index in [0.29, 0.717) is 16.3 Å². The molecule has 16 heavy (non-hydrogen) atoms. The summed E-state index contributed by atoms with van der Waals surface area (Å²) in [4.78, 5) is 11.1. The third kappa shape index (κ3) is 2.87. The van der Waals surface area contributed by atoms with Crippen LogP contribution in [0.2, 0.25) is 5.02 Å². The van der Waals surface area contributed by atoms with Crippen LogP contribution in [-0.4, -0.2) is 31.4 Å². The van der Waals surface area contributed by atoms with E-state index in [4.69, 9.17) is 16.3 Å². The number of esters is 1. The molecule has 0 aliphatic carbocycles. The lowest BCUT2D eigenvalue weighted by atomic mass is 10.1. The van der Waals surface area contributed by atoms with E-state index < -0.39 is 12.1 Å². The number of halogens is 1. The summed E-state index contributed by atoms with van der Waals surface area (Å²) in [5, 5.41) is 9.97. The second-order valence-corrected chi connectivity index (χ2v) is 3.57. The lowest BCUT2D eigenvalue weighted by Gasteiger charge is -2.13. The normalized spacial score (nSPS) is 12.0. The zero-order valence-corrected chi connectivity index (χ0v) is 9.82. The van der Waals surface area contributed by atoms with E-state index in [2.05, 4.69) is 4.74 Å². The molecular weight excluding hydrogens is 232 g/mol. The number of benzene rings is 1. The van der Waals surface area contributed by atoms with Crippen LogP contribution >= 0.6 is 11.6 Å². The molecule has 0 amide bonds. The van der Waals surface area contributed by atoms with Crippen molar-refractivity contribution in [3.8, 4) is 5.75 Å². The fourth-order valence-electron chi connectivity index (χ4n) is 1.34. The Balaban J connectivity index is 2.91. The largest absolute Gasteiger partial charge is 0.496 e. The number of carbonyl (C=O) groups excluding carboxylic acids is 1. The van der Waals surface area contributed by atoms with Crippen molar-refractivity contribution in [2.45, 2.75) is 12.5 Å². The Morgan fingerprint density at radius 2 is 2.19 bits per heavy atom. The fourth-order valence-corrected chi connectivity index (χ4v) is 1.58. The molecule has 1 atom stereocenters. The summed E-state index contributed by atoms with van der Waals surface area (Å²) >= 11 is 5.96. The minimum Gasteiger partial charge on any atom is -0.496 e. The zero-order valence-electron chi connectivity index (χ0n) is 9.07. The molecule has 1 rings (SSSR count). The molecule has 0 heterocycles. The number of rotatable bonds is 4. The molecule has 0 aliphatic heterocycles. The summed E-state index contributed by atoms with van der Waals surface area (Å²) in [7, 11) is 2.72. The quantitative estimate of drug-likeness (QED) is 0.814. The smallest absolute Gasteiger partial charge is 0.335 e. The second kappa shape index (κ2) is 5.72. The van der Waals surface area contributed by atoms with Gasteiger partial charge in [-0.3, -0.25) is 0 Å². The molecule has 0 bridgehead atoms. The second-order valence-electron chi connectivity index (χ2n) is 3.16. The number of ether oxygens (including phenoxy) is 2. The van der Waals surface area contributed by atoms with Gasteiger partial charge in [-0.1, -0.05) is 17.7 Å². The van der Waals surface area contributed by atoms with Crippen LogP contribution in [0.3, 0.4) is 0 Å². The SMILES string of the molecule is COC(=O)C(O)Cc1c(Cl)cccc1OC. The van der Waals surface area contributed by atoms with Crippen LogP contribution in [0.15, 0.2) is 18.2 Å². The van der Waals surface area contributed by atoms with Gasteiger partial charge in [0.05, 0.1) is 14.2 Å². The monoisotopic (exact) mass is 244 g/mol. The lowest BCUT2D eigenvalue weighted by molar-refractivity contribution is -0.150. The van der Waals surface area contributed by atoms with Gasteiger partial charge in [0.15, 0.2) is 6.10 Å². The number of aliphatic hydroxyl groups excluding tert-OH is 1. The topological polar surface area (TPSA) is 55.8 Å². The van der Waals surface area contributed by atoms with Gasteiger partial charge in [0.2, 0.25) is 0 Å². The van der Waals surface area contributed by atoms with Gasteiger partial charge in [0.25, 0.3) is 0 Å². The van der Waals surface area contributed by atoms with E-state index in [0.717, 1.165) is 0 Å². The van der Waals surface area contributed by atoms with Crippen molar-refractivity contribution < 1.29 is 19.4 Å². The molecule has 0 saturated heterocycles. The van der Waals surface area contributed by atoms with Crippen LogP contribution in [0.25, 0.3) is 0 Å². The van der Waals surface area contributed by atoms with Crippen LogP contribution in [-0.2, 0) is 16.0 Å². The third-order valence-corrected chi connectivity index (χ3v) is 2.52. The maximum absolute atomic E-state index is 11.1. The van der Waals surface area contributed by atoms with Crippen molar-refractivity contribution in [2.75, 3.05) is 14.2 Å². The molecule has 0 spiro atoms. The zero-order chi connectivity index (χ0) is 12.1. The minimum atomic E-state index is -1.24. The van der Waals surface area contributed by atoms with E-state index >= 15 is 0 Å². The molecule has 5 heteroatoms. The molecule has 0 saturated carbocycles. The third-order valence-electron chi connectivity index (χ3n) is 2.17. The fraction of sp³-hybridized carbons (Fsp3) is 0.364. The standard InChI is InChI=1S/C11H13ClO4/c1-15-10-5-3-4-8(12)7(10)6-9(13)11(14)16-2/h3-5,9,13H,6H2,1-2H3. The summed E-state index contributed by atoms with van der Waals surface area (Å²) in [6.07, 6.45) is -1.17. The van der Waals surface area contributed by atoms with Crippen molar-refractivity contribution in [1.29, 1.82) is 0 Å². The van der Waals surface area contributed by atoms with Gasteiger partial charge in [-0.2, -0.15) is 0 Å². The molecule has 0 radical (unpaired) electrons. The first-order chi connectivity index (χ1) is 7.60. The summed E-state index contributed by atoms with van der Waals surface area (Å²) < 4.78 is 9.52. The Bertz CT molecular complexity index is 378. The van der Waals surface area contributed by atoms with E-state index in [1.54, 1.807) is 18.2 Å². The number of methoxy groups -OCH3 is 2. The van der Waals surface area contributed by atoms with Crippen LogP contribution < -0.4 is 4.74 Å². The molecule has 1 aromatic carbocycles.